The lowest BCUT2D eigenvalue weighted by Crippen LogP contribution is -2.10. The molecule has 1 N–H and O–H groups in total. The van der Waals surface area contributed by atoms with Crippen LogP contribution in [0.15, 0.2) is 18.2 Å². The molecular formula is C15H21NO4. The van der Waals surface area contributed by atoms with Gasteiger partial charge in [-0.05, 0) is 23.3 Å². The van der Waals surface area contributed by atoms with Crippen LogP contribution in [0.3, 0.4) is 0 Å². The highest BCUT2D eigenvalue weighted by Crippen LogP contribution is 2.17. The predicted octanol–water partition coefficient (Wildman–Crippen LogP) is 1.50. The Bertz CT molecular complexity index is 447. The van der Waals surface area contributed by atoms with Gasteiger partial charge < -0.3 is 19.5 Å². The van der Waals surface area contributed by atoms with E-state index in [9.17, 15) is 4.79 Å². The van der Waals surface area contributed by atoms with Crippen molar-refractivity contribution in [1.82, 2.24) is 5.32 Å². The van der Waals surface area contributed by atoms with Crippen molar-refractivity contribution >= 4 is 5.97 Å². The quantitative estimate of drug-likeness (QED) is 0.577. The Morgan fingerprint density at radius 1 is 1.15 bits per heavy atom. The molecule has 5 heteroatoms. The molecule has 0 aliphatic carbocycles. The maximum Gasteiger partial charge on any atom is 0.338 e. The van der Waals surface area contributed by atoms with Crippen molar-refractivity contribution in [3.05, 3.63) is 34.9 Å². The van der Waals surface area contributed by atoms with E-state index in [4.69, 9.17) is 14.2 Å². The van der Waals surface area contributed by atoms with Crippen molar-refractivity contribution in [2.24, 2.45) is 0 Å². The van der Waals surface area contributed by atoms with Crippen molar-refractivity contribution in [1.29, 1.82) is 0 Å². The van der Waals surface area contributed by atoms with Crippen LogP contribution in [0.1, 0.15) is 27.9 Å². The fourth-order valence-electron chi connectivity index (χ4n) is 2.08. The van der Waals surface area contributed by atoms with Crippen molar-refractivity contribution in [3.8, 4) is 0 Å². The highest BCUT2D eigenvalue weighted by molar-refractivity contribution is 5.89. The maximum atomic E-state index is 11.9. The summed E-state index contributed by atoms with van der Waals surface area (Å²) >= 11 is 0. The lowest BCUT2D eigenvalue weighted by atomic mass is 10.1. The summed E-state index contributed by atoms with van der Waals surface area (Å²) in [5.41, 5.74) is 3.06. The van der Waals surface area contributed by atoms with E-state index in [1.165, 1.54) is 11.1 Å². The number of hydrogen-bond donors (Lipinski definition) is 1. The third-order valence-electron chi connectivity index (χ3n) is 3.17. The van der Waals surface area contributed by atoms with Crippen LogP contribution in [0.25, 0.3) is 0 Å². The fraction of sp³-hybridized carbons (Fsp3) is 0.533. The number of methoxy groups -OCH3 is 1. The Hall–Kier alpha value is -1.43. The Morgan fingerprint density at radius 2 is 2.00 bits per heavy atom. The van der Waals surface area contributed by atoms with Gasteiger partial charge in [0.15, 0.2) is 0 Å². The van der Waals surface area contributed by atoms with E-state index < -0.39 is 0 Å². The zero-order valence-corrected chi connectivity index (χ0v) is 11.8. The van der Waals surface area contributed by atoms with Gasteiger partial charge in [0, 0.05) is 33.2 Å². The Kier molecular flexibility index (Phi) is 5.98. The molecule has 5 nitrogen and oxygen atoms in total. The minimum absolute atomic E-state index is 0.267. The normalized spacial score (nSPS) is 13.2. The second-order valence-electron chi connectivity index (χ2n) is 4.68. The molecule has 1 heterocycles. The molecule has 1 aliphatic rings. The summed E-state index contributed by atoms with van der Waals surface area (Å²) in [5, 5.41) is 3.25. The number of carbonyl (C=O) groups excluding carboxylic acids is 1. The van der Waals surface area contributed by atoms with Crippen LogP contribution in [0.4, 0.5) is 0 Å². The molecule has 0 fully saturated rings. The van der Waals surface area contributed by atoms with Gasteiger partial charge in [0.05, 0.1) is 25.4 Å². The molecule has 0 saturated heterocycles. The van der Waals surface area contributed by atoms with E-state index in [1.54, 1.807) is 7.11 Å². The molecule has 1 aromatic carbocycles. The molecule has 1 aliphatic heterocycles. The van der Waals surface area contributed by atoms with Gasteiger partial charge in [-0.2, -0.15) is 0 Å². The molecule has 1 aromatic rings. The van der Waals surface area contributed by atoms with Crippen LogP contribution in [0.5, 0.6) is 0 Å². The fourth-order valence-corrected chi connectivity index (χ4v) is 2.08. The number of rotatable bonds is 8. The summed E-state index contributed by atoms with van der Waals surface area (Å²) in [5.74, 6) is -0.267. The smallest absolute Gasteiger partial charge is 0.338 e. The van der Waals surface area contributed by atoms with Gasteiger partial charge in [0.25, 0.3) is 0 Å². The number of fused-ring (bicyclic) bond motifs is 1. The summed E-state index contributed by atoms with van der Waals surface area (Å²) in [6, 6.07) is 5.72. The van der Waals surface area contributed by atoms with E-state index in [-0.39, 0.29) is 5.97 Å². The summed E-state index contributed by atoms with van der Waals surface area (Å²) in [7, 11) is 1.64. The first kappa shape index (κ1) is 15.0. The molecule has 0 unspecified atom stereocenters. The monoisotopic (exact) mass is 279 g/mol. The SMILES string of the molecule is COCCOCCCOC(=O)c1ccc2c(c1)CNC2. The Morgan fingerprint density at radius 3 is 2.85 bits per heavy atom. The molecule has 110 valence electrons. The maximum absolute atomic E-state index is 11.9. The van der Waals surface area contributed by atoms with E-state index >= 15 is 0 Å². The van der Waals surface area contributed by atoms with Gasteiger partial charge in [-0.25, -0.2) is 4.79 Å². The number of esters is 1. The predicted molar refractivity (Wildman–Crippen MR) is 74.6 cm³/mol. The molecule has 0 saturated carbocycles. The lowest BCUT2D eigenvalue weighted by Gasteiger charge is -2.07. The molecule has 0 spiro atoms. The Labute approximate surface area is 119 Å². The van der Waals surface area contributed by atoms with E-state index in [2.05, 4.69) is 5.32 Å². The average Bonchev–Trinajstić information content (AvgIpc) is 2.93. The first-order valence-corrected chi connectivity index (χ1v) is 6.87. The van der Waals surface area contributed by atoms with Crippen LogP contribution in [-0.2, 0) is 27.3 Å². The van der Waals surface area contributed by atoms with Crippen LogP contribution >= 0.6 is 0 Å². The third kappa shape index (κ3) is 4.30. The minimum atomic E-state index is -0.267. The van der Waals surface area contributed by atoms with Crippen molar-refractivity contribution in [2.75, 3.05) is 33.5 Å². The molecule has 0 atom stereocenters. The van der Waals surface area contributed by atoms with Crippen molar-refractivity contribution in [2.45, 2.75) is 19.5 Å². The minimum Gasteiger partial charge on any atom is -0.462 e. The van der Waals surface area contributed by atoms with Gasteiger partial charge in [0.2, 0.25) is 0 Å². The summed E-state index contributed by atoms with van der Waals surface area (Å²) in [4.78, 5) is 11.9. The first-order valence-electron chi connectivity index (χ1n) is 6.87. The molecule has 0 aromatic heterocycles. The standard InChI is InChI=1S/C15H21NO4/c1-18-7-8-19-5-2-6-20-15(17)12-3-4-13-10-16-11-14(13)9-12/h3-4,9,16H,2,5-8,10-11H2,1H3. The van der Waals surface area contributed by atoms with Gasteiger partial charge in [0.1, 0.15) is 0 Å². The van der Waals surface area contributed by atoms with Crippen molar-refractivity contribution in [3.63, 3.8) is 0 Å². The second kappa shape index (κ2) is 7.99. The second-order valence-corrected chi connectivity index (χ2v) is 4.68. The first-order chi connectivity index (χ1) is 9.81. The number of ether oxygens (including phenoxy) is 3. The van der Waals surface area contributed by atoms with E-state index in [0.717, 1.165) is 13.1 Å². The van der Waals surface area contributed by atoms with E-state index in [1.807, 2.05) is 18.2 Å². The molecule has 20 heavy (non-hydrogen) atoms. The zero-order valence-electron chi connectivity index (χ0n) is 11.8. The molecule has 2 rings (SSSR count). The third-order valence-corrected chi connectivity index (χ3v) is 3.17. The van der Waals surface area contributed by atoms with E-state index in [0.29, 0.717) is 38.4 Å². The highest BCUT2D eigenvalue weighted by atomic mass is 16.5. The average molecular weight is 279 g/mol. The molecule has 0 bridgehead atoms. The summed E-state index contributed by atoms with van der Waals surface area (Å²) < 4.78 is 15.4. The number of carbonyl (C=O) groups is 1. The van der Waals surface area contributed by atoms with Crippen LogP contribution in [0.2, 0.25) is 0 Å². The molecule has 0 amide bonds. The highest BCUT2D eigenvalue weighted by Gasteiger charge is 2.14. The molecular weight excluding hydrogens is 258 g/mol. The lowest BCUT2D eigenvalue weighted by molar-refractivity contribution is 0.0385. The number of nitrogens with one attached hydrogen (secondary N) is 1. The van der Waals surface area contributed by atoms with Crippen LogP contribution < -0.4 is 5.32 Å². The summed E-state index contributed by atoms with van der Waals surface area (Å²) in [6.45, 7) is 3.81. The zero-order chi connectivity index (χ0) is 14.2. The largest absolute Gasteiger partial charge is 0.462 e. The van der Waals surface area contributed by atoms with Gasteiger partial charge in [-0.3, -0.25) is 0 Å². The topological polar surface area (TPSA) is 56.8 Å². The number of hydrogen-bond acceptors (Lipinski definition) is 5. The van der Waals surface area contributed by atoms with Crippen molar-refractivity contribution < 1.29 is 19.0 Å². The van der Waals surface area contributed by atoms with Gasteiger partial charge in [-0.15, -0.1) is 0 Å². The Balaban J connectivity index is 1.67. The van der Waals surface area contributed by atoms with Gasteiger partial charge in [-0.1, -0.05) is 6.07 Å². The van der Waals surface area contributed by atoms with Crippen LogP contribution in [0, 0.1) is 0 Å². The molecule has 0 radical (unpaired) electrons. The van der Waals surface area contributed by atoms with Gasteiger partial charge >= 0.3 is 5.97 Å². The van der Waals surface area contributed by atoms with Crippen LogP contribution in [-0.4, -0.2) is 39.5 Å². The number of benzene rings is 1. The summed E-state index contributed by atoms with van der Waals surface area (Å²) in [6.07, 6.45) is 0.696.